The van der Waals surface area contributed by atoms with Crippen molar-refractivity contribution in [1.29, 1.82) is 0 Å². The summed E-state index contributed by atoms with van der Waals surface area (Å²) in [5.74, 6) is 0.739. The first-order valence-electron chi connectivity index (χ1n) is 5.03. The molecular formula is C14H12NO. The first-order chi connectivity index (χ1) is 7.88. The Hall–Kier alpha value is -2.09. The maximum absolute atomic E-state index is 5.10. The molecule has 0 saturated carbocycles. The van der Waals surface area contributed by atoms with Crippen LogP contribution in [0.4, 0.5) is 0 Å². The molecule has 0 N–H and O–H groups in total. The van der Waals surface area contributed by atoms with Gasteiger partial charge in [0.25, 0.3) is 0 Å². The summed E-state index contributed by atoms with van der Waals surface area (Å²) >= 11 is 0. The molecule has 0 amide bonds. The summed E-state index contributed by atoms with van der Waals surface area (Å²) in [4.78, 5) is 4.21. The van der Waals surface area contributed by atoms with E-state index in [4.69, 9.17) is 4.74 Å². The molecule has 2 rings (SSSR count). The highest BCUT2D eigenvalue weighted by Gasteiger charge is 1.92. The molecule has 0 unspecified atom stereocenters. The van der Waals surface area contributed by atoms with Crippen LogP contribution in [0.15, 0.2) is 42.6 Å². The van der Waals surface area contributed by atoms with E-state index in [1.54, 1.807) is 13.3 Å². The molecular weight excluding hydrogens is 198 g/mol. The van der Waals surface area contributed by atoms with E-state index < -0.39 is 0 Å². The van der Waals surface area contributed by atoms with Gasteiger partial charge in [0.15, 0.2) is 0 Å². The minimum Gasteiger partial charge on any atom is -0.496 e. The van der Waals surface area contributed by atoms with Crippen molar-refractivity contribution < 1.29 is 4.74 Å². The third kappa shape index (κ3) is 2.70. The highest BCUT2D eigenvalue weighted by Crippen LogP contribution is 2.13. The largest absolute Gasteiger partial charge is 0.496 e. The van der Waals surface area contributed by atoms with E-state index in [9.17, 15) is 0 Å². The molecule has 0 atom stereocenters. The smallest absolute Gasteiger partial charge is 0.127 e. The predicted octanol–water partition coefficient (Wildman–Crippen LogP) is 3.06. The van der Waals surface area contributed by atoms with Gasteiger partial charge in [-0.1, -0.05) is 18.2 Å². The average molecular weight is 210 g/mol. The molecule has 2 aromatic rings. The number of aromatic nitrogens is 1. The monoisotopic (exact) mass is 210 g/mol. The standard InChI is InChI=1S/C14H12NO/c1-16-14-7-4-5-12(11-14)8-9-13-6-2-3-10-15-13/h2-6,8-11H,1H3. The molecule has 2 nitrogen and oxygen atoms in total. The van der Waals surface area contributed by atoms with Crippen LogP contribution in [0, 0.1) is 6.07 Å². The van der Waals surface area contributed by atoms with Crippen molar-refractivity contribution in [3.63, 3.8) is 0 Å². The topological polar surface area (TPSA) is 22.1 Å². The Bertz CT molecular complexity index is 477. The van der Waals surface area contributed by atoms with Gasteiger partial charge in [-0.25, -0.2) is 0 Å². The lowest BCUT2D eigenvalue weighted by atomic mass is 10.2. The highest BCUT2D eigenvalue weighted by atomic mass is 16.5. The van der Waals surface area contributed by atoms with Gasteiger partial charge < -0.3 is 4.74 Å². The van der Waals surface area contributed by atoms with E-state index >= 15 is 0 Å². The van der Waals surface area contributed by atoms with Crippen molar-refractivity contribution in [3.05, 3.63) is 59.9 Å². The van der Waals surface area contributed by atoms with Gasteiger partial charge in [0, 0.05) is 12.3 Å². The van der Waals surface area contributed by atoms with Crippen LogP contribution < -0.4 is 4.74 Å². The normalized spacial score (nSPS) is 10.6. The average Bonchev–Trinajstić information content (AvgIpc) is 2.38. The van der Waals surface area contributed by atoms with Gasteiger partial charge in [-0.3, -0.25) is 4.98 Å². The summed E-state index contributed by atoms with van der Waals surface area (Å²) in [6.07, 6.45) is 5.74. The van der Waals surface area contributed by atoms with Gasteiger partial charge in [0.05, 0.1) is 12.8 Å². The number of rotatable bonds is 3. The second-order valence-corrected chi connectivity index (χ2v) is 3.28. The summed E-state index contributed by atoms with van der Waals surface area (Å²) in [7, 11) is 1.64. The SMILES string of the molecule is COc1[c]ccc(C=Cc2ccccn2)c1. The maximum Gasteiger partial charge on any atom is 0.127 e. The number of pyridine rings is 1. The third-order valence-corrected chi connectivity index (χ3v) is 2.15. The number of hydrogen-bond donors (Lipinski definition) is 0. The summed E-state index contributed by atoms with van der Waals surface area (Å²) in [5, 5.41) is 0. The summed E-state index contributed by atoms with van der Waals surface area (Å²) in [6, 6.07) is 14.6. The minimum atomic E-state index is 0.739. The highest BCUT2D eigenvalue weighted by molar-refractivity contribution is 5.68. The molecule has 16 heavy (non-hydrogen) atoms. The Balaban J connectivity index is 2.17. The first-order valence-corrected chi connectivity index (χ1v) is 5.03. The summed E-state index contributed by atoms with van der Waals surface area (Å²) in [5.41, 5.74) is 2.01. The maximum atomic E-state index is 5.10. The van der Waals surface area contributed by atoms with Crippen LogP contribution in [-0.4, -0.2) is 12.1 Å². The number of ether oxygens (including phenoxy) is 1. The van der Waals surface area contributed by atoms with Gasteiger partial charge >= 0.3 is 0 Å². The Morgan fingerprint density at radius 1 is 1.25 bits per heavy atom. The van der Waals surface area contributed by atoms with Crippen LogP contribution in [0.3, 0.4) is 0 Å². The zero-order valence-corrected chi connectivity index (χ0v) is 9.05. The third-order valence-electron chi connectivity index (χ3n) is 2.15. The van der Waals surface area contributed by atoms with Gasteiger partial charge in [-0.2, -0.15) is 0 Å². The molecule has 0 aliphatic heterocycles. The van der Waals surface area contributed by atoms with Crippen molar-refractivity contribution in [2.24, 2.45) is 0 Å². The molecule has 0 fully saturated rings. The number of nitrogens with zero attached hydrogens (tertiary/aromatic N) is 1. The number of methoxy groups -OCH3 is 1. The van der Waals surface area contributed by atoms with E-state index in [2.05, 4.69) is 11.1 Å². The minimum absolute atomic E-state index is 0.739. The Morgan fingerprint density at radius 3 is 2.94 bits per heavy atom. The summed E-state index contributed by atoms with van der Waals surface area (Å²) < 4.78 is 5.10. The fourth-order valence-corrected chi connectivity index (χ4v) is 1.34. The van der Waals surface area contributed by atoms with Crippen LogP contribution in [0.5, 0.6) is 5.75 Å². The van der Waals surface area contributed by atoms with Crippen molar-refractivity contribution in [2.45, 2.75) is 0 Å². The molecule has 79 valence electrons. The van der Waals surface area contributed by atoms with E-state index in [-0.39, 0.29) is 0 Å². The van der Waals surface area contributed by atoms with E-state index in [0.717, 1.165) is 17.0 Å². The Labute approximate surface area is 95.2 Å². The van der Waals surface area contributed by atoms with Crippen molar-refractivity contribution in [3.8, 4) is 5.75 Å². The molecule has 0 aliphatic rings. The molecule has 0 spiro atoms. The van der Waals surface area contributed by atoms with Gasteiger partial charge in [-0.05, 0) is 35.9 Å². The Morgan fingerprint density at radius 2 is 2.19 bits per heavy atom. The van der Waals surface area contributed by atoms with Crippen LogP contribution in [0.25, 0.3) is 12.2 Å². The fraction of sp³-hybridized carbons (Fsp3) is 0.0714. The molecule has 1 radical (unpaired) electrons. The lowest BCUT2D eigenvalue weighted by Crippen LogP contribution is -1.83. The van der Waals surface area contributed by atoms with Crippen molar-refractivity contribution >= 4 is 12.2 Å². The second-order valence-electron chi connectivity index (χ2n) is 3.28. The van der Waals surface area contributed by atoms with Crippen molar-refractivity contribution in [2.75, 3.05) is 7.11 Å². The van der Waals surface area contributed by atoms with Crippen LogP contribution >= 0.6 is 0 Å². The molecule has 1 aromatic carbocycles. The Kier molecular flexibility index (Phi) is 3.34. The molecule has 1 aromatic heterocycles. The van der Waals surface area contributed by atoms with Gasteiger partial charge in [0.2, 0.25) is 0 Å². The fourth-order valence-electron chi connectivity index (χ4n) is 1.34. The lowest BCUT2D eigenvalue weighted by molar-refractivity contribution is 0.414. The molecule has 0 bridgehead atoms. The molecule has 2 heteroatoms. The van der Waals surface area contributed by atoms with E-state index in [1.807, 2.05) is 48.6 Å². The quantitative estimate of drug-likeness (QED) is 0.776. The van der Waals surface area contributed by atoms with E-state index in [0.29, 0.717) is 0 Å². The number of hydrogen-bond acceptors (Lipinski definition) is 2. The van der Waals surface area contributed by atoms with Crippen LogP contribution in [0.1, 0.15) is 11.3 Å². The zero-order chi connectivity index (χ0) is 11.2. The van der Waals surface area contributed by atoms with Gasteiger partial charge in [0.1, 0.15) is 5.75 Å². The van der Waals surface area contributed by atoms with Gasteiger partial charge in [-0.15, -0.1) is 0 Å². The molecule has 0 aliphatic carbocycles. The molecule has 1 heterocycles. The molecule has 0 saturated heterocycles. The zero-order valence-electron chi connectivity index (χ0n) is 9.05. The lowest BCUT2D eigenvalue weighted by Gasteiger charge is -1.99. The first kappa shape index (κ1) is 10.4. The predicted molar refractivity (Wildman–Crippen MR) is 65.0 cm³/mol. The van der Waals surface area contributed by atoms with Crippen LogP contribution in [-0.2, 0) is 0 Å². The second kappa shape index (κ2) is 5.12. The summed E-state index contributed by atoms with van der Waals surface area (Å²) in [6.45, 7) is 0. The number of benzene rings is 1. The van der Waals surface area contributed by atoms with E-state index in [1.165, 1.54) is 0 Å². The van der Waals surface area contributed by atoms with Crippen molar-refractivity contribution in [1.82, 2.24) is 4.98 Å². The van der Waals surface area contributed by atoms with Crippen LogP contribution in [0.2, 0.25) is 0 Å².